The number of nitrogens with zero attached hydrogens (tertiary/aromatic N) is 2. The first-order valence-corrected chi connectivity index (χ1v) is 20.3. The summed E-state index contributed by atoms with van der Waals surface area (Å²) in [5, 5.41) is 5.62. The van der Waals surface area contributed by atoms with Crippen molar-refractivity contribution in [1.29, 1.82) is 0 Å². The predicted molar refractivity (Wildman–Crippen MR) is 249 cm³/mol. The molecule has 0 atom stereocenters. The molecule has 0 amide bonds. The molecule has 0 bridgehead atoms. The Hall–Kier alpha value is -8.08. The van der Waals surface area contributed by atoms with E-state index in [4.69, 9.17) is 8.83 Å². The van der Waals surface area contributed by atoms with Gasteiger partial charge in [0.05, 0.1) is 16.6 Å². The van der Waals surface area contributed by atoms with Gasteiger partial charge >= 0.3 is 0 Å². The number of aromatic nitrogens is 1. The Morgan fingerprint density at radius 2 is 0.883 bits per heavy atom. The van der Waals surface area contributed by atoms with Crippen LogP contribution < -0.4 is 4.90 Å². The van der Waals surface area contributed by atoms with Gasteiger partial charge < -0.3 is 13.7 Å². The van der Waals surface area contributed by atoms with Crippen molar-refractivity contribution < 1.29 is 8.83 Å². The molecule has 0 aliphatic rings. The third-order valence-corrected chi connectivity index (χ3v) is 11.8. The molecule has 12 rings (SSSR count). The zero-order valence-corrected chi connectivity index (χ0v) is 32.5. The standard InChI is InChI=1S/C56H36N2O2/c1-3-12-37(13-4-1)38-22-24-39(25-23-38)40-26-31-44(32-27-40)57(51-20-11-18-47-46-16-8-10-21-52(46)59-55(47)51)45-33-28-41(29-34-45)42-30-35-49-53(36-42)60-56-54(49)48-17-7-9-19-50(48)58(56)43-14-5-2-6-15-43/h1-36H. The summed E-state index contributed by atoms with van der Waals surface area (Å²) < 4.78 is 15.6. The maximum absolute atomic E-state index is 6.74. The van der Waals surface area contributed by atoms with E-state index in [-0.39, 0.29) is 0 Å². The van der Waals surface area contributed by atoms with Crippen LogP contribution in [-0.4, -0.2) is 4.57 Å². The van der Waals surface area contributed by atoms with Crippen LogP contribution >= 0.6 is 0 Å². The average Bonchev–Trinajstić information content (AvgIpc) is 3.99. The van der Waals surface area contributed by atoms with E-state index in [2.05, 4.69) is 210 Å². The zero-order valence-electron chi connectivity index (χ0n) is 32.5. The number of hydrogen-bond acceptors (Lipinski definition) is 3. The van der Waals surface area contributed by atoms with Crippen molar-refractivity contribution in [3.05, 3.63) is 218 Å². The van der Waals surface area contributed by atoms with Gasteiger partial charge in [0, 0.05) is 38.6 Å². The fraction of sp³-hybridized carbons (Fsp3) is 0. The molecule has 0 spiro atoms. The zero-order chi connectivity index (χ0) is 39.6. The van der Waals surface area contributed by atoms with E-state index in [1.807, 2.05) is 18.2 Å². The van der Waals surface area contributed by atoms with Crippen molar-refractivity contribution in [3.63, 3.8) is 0 Å². The highest BCUT2D eigenvalue weighted by atomic mass is 16.3. The summed E-state index contributed by atoms with van der Waals surface area (Å²) in [4.78, 5) is 2.30. The van der Waals surface area contributed by atoms with Crippen LogP contribution in [-0.2, 0) is 0 Å². The second kappa shape index (κ2) is 13.8. The van der Waals surface area contributed by atoms with Crippen molar-refractivity contribution >= 4 is 72.0 Å². The molecule has 12 aromatic rings. The van der Waals surface area contributed by atoms with Crippen LogP contribution in [0.1, 0.15) is 0 Å². The number of para-hydroxylation sites is 4. The number of benzene rings is 9. The van der Waals surface area contributed by atoms with E-state index in [1.54, 1.807) is 0 Å². The van der Waals surface area contributed by atoms with Gasteiger partial charge in [-0.15, -0.1) is 0 Å². The number of fused-ring (bicyclic) bond motifs is 8. The van der Waals surface area contributed by atoms with Gasteiger partial charge in [-0.1, -0.05) is 152 Å². The minimum atomic E-state index is 0.853. The molecule has 0 saturated carbocycles. The van der Waals surface area contributed by atoms with Crippen LogP contribution in [0.2, 0.25) is 0 Å². The highest BCUT2D eigenvalue weighted by Crippen LogP contribution is 2.44. The molecule has 0 aliphatic heterocycles. The summed E-state index contributed by atoms with van der Waals surface area (Å²) in [6, 6.07) is 77.2. The highest BCUT2D eigenvalue weighted by Gasteiger charge is 2.21. The van der Waals surface area contributed by atoms with E-state index in [0.717, 1.165) is 89.0 Å². The summed E-state index contributed by atoms with van der Waals surface area (Å²) in [5.74, 6) is 0. The van der Waals surface area contributed by atoms with Gasteiger partial charge in [0.25, 0.3) is 0 Å². The number of furan rings is 2. The SMILES string of the molecule is c1ccc(-c2ccc(-c3ccc(N(c4ccc(-c5ccc6c(c5)oc5c6c6ccccc6n5-c5ccccc5)cc4)c4cccc5c4oc4ccccc45)cc3)cc2)cc1. The fourth-order valence-corrected chi connectivity index (χ4v) is 8.93. The first-order chi connectivity index (χ1) is 29.7. The molecule has 0 saturated heterocycles. The van der Waals surface area contributed by atoms with Crippen molar-refractivity contribution in [3.8, 4) is 39.1 Å². The Labute approximate surface area is 346 Å². The van der Waals surface area contributed by atoms with E-state index in [1.165, 1.54) is 22.1 Å². The van der Waals surface area contributed by atoms with Gasteiger partial charge in [-0.3, -0.25) is 4.57 Å². The Morgan fingerprint density at radius 1 is 0.350 bits per heavy atom. The molecule has 60 heavy (non-hydrogen) atoms. The van der Waals surface area contributed by atoms with E-state index >= 15 is 0 Å². The lowest BCUT2D eigenvalue weighted by Gasteiger charge is -2.26. The molecule has 4 heteroatoms. The van der Waals surface area contributed by atoms with Crippen LogP contribution in [0.15, 0.2) is 227 Å². The van der Waals surface area contributed by atoms with Gasteiger partial charge in [-0.05, 0) is 100 Å². The van der Waals surface area contributed by atoms with Gasteiger partial charge in [0.2, 0.25) is 5.71 Å². The molecular weight excluding hydrogens is 733 g/mol. The first kappa shape index (κ1) is 34.0. The van der Waals surface area contributed by atoms with E-state index in [0.29, 0.717) is 0 Å². The summed E-state index contributed by atoms with van der Waals surface area (Å²) >= 11 is 0. The van der Waals surface area contributed by atoms with Crippen LogP contribution in [0.25, 0.3) is 94.0 Å². The summed E-state index contributed by atoms with van der Waals surface area (Å²) in [6.45, 7) is 0. The molecule has 0 unspecified atom stereocenters. The lowest BCUT2D eigenvalue weighted by Crippen LogP contribution is -2.10. The first-order valence-electron chi connectivity index (χ1n) is 20.3. The molecule has 3 heterocycles. The third-order valence-electron chi connectivity index (χ3n) is 11.8. The van der Waals surface area contributed by atoms with Gasteiger partial charge in [0.15, 0.2) is 5.58 Å². The minimum absolute atomic E-state index is 0.853. The molecule has 9 aromatic carbocycles. The normalized spacial score (nSPS) is 11.7. The van der Waals surface area contributed by atoms with E-state index < -0.39 is 0 Å². The van der Waals surface area contributed by atoms with Crippen LogP contribution in [0.5, 0.6) is 0 Å². The minimum Gasteiger partial charge on any atom is -0.454 e. The van der Waals surface area contributed by atoms with Crippen molar-refractivity contribution in [1.82, 2.24) is 4.57 Å². The van der Waals surface area contributed by atoms with Gasteiger partial charge in [0.1, 0.15) is 11.2 Å². The largest absolute Gasteiger partial charge is 0.454 e. The van der Waals surface area contributed by atoms with Crippen LogP contribution in [0.4, 0.5) is 17.1 Å². The molecule has 3 aromatic heterocycles. The number of anilines is 3. The Kier molecular flexibility index (Phi) is 7.82. The molecule has 0 radical (unpaired) electrons. The predicted octanol–water partition coefficient (Wildman–Crippen LogP) is 15.9. The second-order valence-electron chi connectivity index (χ2n) is 15.3. The maximum atomic E-state index is 6.74. The van der Waals surface area contributed by atoms with Crippen molar-refractivity contribution in [2.24, 2.45) is 0 Å². The molecule has 0 N–H and O–H groups in total. The smallest absolute Gasteiger partial charge is 0.213 e. The van der Waals surface area contributed by atoms with E-state index in [9.17, 15) is 0 Å². The summed E-state index contributed by atoms with van der Waals surface area (Å²) in [5.41, 5.74) is 15.7. The van der Waals surface area contributed by atoms with Crippen molar-refractivity contribution in [2.75, 3.05) is 4.90 Å². The second-order valence-corrected chi connectivity index (χ2v) is 15.3. The fourth-order valence-electron chi connectivity index (χ4n) is 8.93. The quantitative estimate of drug-likeness (QED) is 0.162. The average molecular weight is 769 g/mol. The van der Waals surface area contributed by atoms with Gasteiger partial charge in [-0.25, -0.2) is 0 Å². The molecule has 0 fully saturated rings. The monoisotopic (exact) mass is 768 g/mol. The Balaban J connectivity index is 0.937. The van der Waals surface area contributed by atoms with Crippen LogP contribution in [0.3, 0.4) is 0 Å². The lowest BCUT2D eigenvalue weighted by atomic mass is 10.00. The highest BCUT2D eigenvalue weighted by molar-refractivity contribution is 6.20. The summed E-state index contributed by atoms with van der Waals surface area (Å²) in [6.07, 6.45) is 0. The molecular formula is C56H36N2O2. The molecule has 282 valence electrons. The molecule has 0 aliphatic carbocycles. The Bertz CT molecular complexity index is 3500. The Morgan fingerprint density at radius 3 is 1.58 bits per heavy atom. The topological polar surface area (TPSA) is 34.5 Å². The third kappa shape index (κ3) is 5.53. The van der Waals surface area contributed by atoms with Crippen LogP contribution in [0, 0.1) is 0 Å². The molecule has 4 nitrogen and oxygen atoms in total. The number of rotatable bonds is 7. The summed E-state index contributed by atoms with van der Waals surface area (Å²) in [7, 11) is 0. The van der Waals surface area contributed by atoms with Gasteiger partial charge in [-0.2, -0.15) is 0 Å². The van der Waals surface area contributed by atoms with Crippen molar-refractivity contribution in [2.45, 2.75) is 0 Å². The maximum Gasteiger partial charge on any atom is 0.213 e. The lowest BCUT2D eigenvalue weighted by molar-refractivity contribution is 0.645. The number of hydrogen-bond donors (Lipinski definition) is 0.